The third-order valence-corrected chi connectivity index (χ3v) is 4.13. The zero-order chi connectivity index (χ0) is 15.6. The van der Waals surface area contributed by atoms with Crippen molar-refractivity contribution >= 4 is 11.9 Å². The Balaban J connectivity index is 2.34. The Hall–Kier alpha value is -1.98. The summed E-state index contributed by atoms with van der Waals surface area (Å²) < 4.78 is 26.4. The molecule has 0 radical (unpaired) electrons. The highest BCUT2D eigenvalue weighted by molar-refractivity contribution is 5.97. The van der Waals surface area contributed by atoms with Gasteiger partial charge in [-0.25, -0.2) is 13.6 Å². The summed E-state index contributed by atoms with van der Waals surface area (Å²) in [5.41, 5.74) is -1.47. The third-order valence-electron chi connectivity index (χ3n) is 4.13. The van der Waals surface area contributed by atoms with Crippen LogP contribution in [0.15, 0.2) is 18.2 Å². The van der Waals surface area contributed by atoms with Crippen LogP contribution >= 0.6 is 0 Å². The number of nitrogens with zero attached hydrogens (tertiary/aromatic N) is 1. The smallest absolute Gasteiger partial charge is 0.329 e. The largest absolute Gasteiger partial charge is 0.479 e. The van der Waals surface area contributed by atoms with Gasteiger partial charge in [0.05, 0.1) is 0 Å². The average Bonchev–Trinajstić information content (AvgIpc) is 2.45. The van der Waals surface area contributed by atoms with Crippen LogP contribution in [0.4, 0.5) is 8.78 Å². The lowest BCUT2D eigenvalue weighted by molar-refractivity contribution is -0.151. The summed E-state index contributed by atoms with van der Waals surface area (Å²) in [7, 11) is 1.38. The van der Waals surface area contributed by atoms with Gasteiger partial charge < -0.3 is 10.0 Å². The van der Waals surface area contributed by atoms with Crippen LogP contribution in [-0.2, 0) is 4.79 Å². The van der Waals surface area contributed by atoms with Crippen LogP contribution in [0.2, 0.25) is 0 Å². The SMILES string of the molecule is CN(C(=O)c1cc(F)cc(F)c1)C1(C(=O)O)CCCCC1. The molecule has 0 aliphatic heterocycles. The lowest BCUT2D eigenvalue weighted by atomic mass is 9.80. The summed E-state index contributed by atoms with van der Waals surface area (Å²) >= 11 is 0. The van der Waals surface area contributed by atoms with E-state index in [-0.39, 0.29) is 5.56 Å². The van der Waals surface area contributed by atoms with E-state index in [9.17, 15) is 23.5 Å². The molecule has 0 unspecified atom stereocenters. The summed E-state index contributed by atoms with van der Waals surface area (Å²) in [6.07, 6.45) is 3.04. The maximum absolute atomic E-state index is 13.2. The Kier molecular flexibility index (Phi) is 4.25. The highest BCUT2D eigenvalue weighted by Gasteiger charge is 2.45. The molecule has 1 fully saturated rings. The summed E-state index contributed by atoms with van der Waals surface area (Å²) in [5.74, 6) is -3.48. The van der Waals surface area contributed by atoms with E-state index >= 15 is 0 Å². The number of rotatable bonds is 3. The second kappa shape index (κ2) is 5.79. The number of hydrogen-bond donors (Lipinski definition) is 1. The van der Waals surface area contributed by atoms with Crippen LogP contribution in [0.25, 0.3) is 0 Å². The van der Waals surface area contributed by atoms with Crippen LogP contribution in [0, 0.1) is 11.6 Å². The van der Waals surface area contributed by atoms with Gasteiger partial charge in [0.2, 0.25) is 0 Å². The monoisotopic (exact) mass is 297 g/mol. The summed E-state index contributed by atoms with van der Waals surface area (Å²) in [4.78, 5) is 25.1. The molecule has 0 atom stereocenters. The first kappa shape index (κ1) is 15.4. The minimum Gasteiger partial charge on any atom is -0.479 e. The Morgan fingerprint density at radius 3 is 2.10 bits per heavy atom. The maximum Gasteiger partial charge on any atom is 0.329 e. The Morgan fingerprint density at radius 1 is 1.10 bits per heavy atom. The van der Waals surface area contributed by atoms with E-state index in [2.05, 4.69) is 0 Å². The topological polar surface area (TPSA) is 57.6 Å². The van der Waals surface area contributed by atoms with Crippen molar-refractivity contribution in [3.05, 3.63) is 35.4 Å². The van der Waals surface area contributed by atoms with Crippen molar-refractivity contribution in [1.29, 1.82) is 0 Å². The molecule has 0 saturated heterocycles. The molecule has 6 heteroatoms. The van der Waals surface area contributed by atoms with E-state index in [1.54, 1.807) is 0 Å². The number of carboxylic acids is 1. The second-order valence-corrected chi connectivity index (χ2v) is 5.42. The van der Waals surface area contributed by atoms with Crippen LogP contribution in [0.3, 0.4) is 0 Å². The zero-order valence-corrected chi connectivity index (χ0v) is 11.7. The first-order valence-electron chi connectivity index (χ1n) is 6.84. The molecule has 1 N–H and O–H groups in total. The molecule has 1 saturated carbocycles. The van der Waals surface area contributed by atoms with E-state index in [1.807, 2.05) is 0 Å². The summed E-state index contributed by atoms with van der Waals surface area (Å²) in [6, 6.07) is 2.50. The summed E-state index contributed by atoms with van der Waals surface area (Å²) in [5, 5.41) is 9.52. The van der Waals surface area contributed by atoms with Crippen molar-refractivity contribution in [2.24, 2.45) is 0 Å². The standard InChI is InChI=1S/C15H17F2NO3/c1-18(15(14(20)21)5-3-2-4-6-15)13(19)10-7-11(16)9-12(17)8-10/h7-9H,2-6H2,1H3,(H,20,21). The molecule has 1 aliphatic rings. The molecule has 0 bridgehead atoms. The third kappa shape index (κ3) is 2.89. The van der Waals surface area contributed by atoms with Crippen molar-refractivity contribution in [3.8, 4) is 0 Å². The molecular weight excluding hydrogens is 280 g/mol. The summed E-state index contributed by atoms with van der Waals surface area (Å²) in [6.45, 7) is 0. The van der Waals surface area contributed by atoms with Crippen molar-refractivity contribution in [2.75, 3.05) is 7.05 Å². The maximum atomic E-state index is 13.2. The Bertz CT molecular complexity index is 548. The van der Waals surface area contributed by atoms with Crippen LogP contribution < -0.4 is 0 Å². The van der Waals surface area contributed by atoms with Gasteiger partial charge in [0, 0.05) is 18.7 Å². The molecule has 2 rings (SSSR count). The van der Waals surface area contributed by atoms with Gasteiger partial charge in [-0.05, 0) is 25.0 Å². The van der Waals surface area contributed by atoms with Gasteiger partial charge in [-0.15, -0.1) is 0 Å². The highest BCUT2D eigenvalue weighted by Crippen LogP contribution is 2.34. The van der Waals surface area contributed by atoms with Crippen LogP contribution in [-0.4, -0.2) is 34.5 Å². The number of benzene rings is 1. The molecule has 0 aromatic heterocycles. The molecule has 0 heterocycles. The number of amides is 1. The fourth-order valence-electron chi connectivity index (χ4n) is 2.89. The Labute approximate surface area is 121 Å². The molecule has 1 aromatic carbocycles. The molecule has 21 heavy (non-hydrogen) atoms. The van der Waals surface area contributed by atoms with Crippen molar-refractivity contribution in [1.82, 2.24) is 4.90 Å². The predicted octanol–water partition coefficient (Wildman–Crippen LogP) is 2.82. The van der Waals surface area contributed by atoms with E-state index in [0.29, 0.717) is 31.7 Å². The van der Waals surface area contributed by atoms with Crippen molar-refractivity contribution in [2.45, 2.75) is 37.6 Å². The van der Waals surface area contributed by atoms with E-state index in [4.69, 9.17) is 0 Å². The van der Waals surface area contributed by atoms with E-state index < -0.39 is 29.0 Å². The average molecular weight is 297 g/mol. The zero-order valence-electron chi connectivity index (χ0n) is 11.7. The minimum absolute atomic E-state index is 0.179. The minimum atomic E-state index is -1.29. The van der Waals surface area contributed by atoms with Gasteiger partial charge >= 0.3 is 5.97 Å². The highest BCUT2D eigenvalue weighted by atomic mass is 19.1. The molecule has 114 valence electrons. The van der Waals surface area contributed by atoms with Gasteiger partial charge in [0.25, 0.3) is 5.91 Å². The molecule has 1 amide bonds. The number of likely N-dealkylation sites (N-methyl/N-ethyl adjacent to an activating group) is 1. The lowest BCUT2D eigenvalue weighted by Crippen LogP contribution is -2.56. The van der Waals surface area contributed by atoms with Crippen LogP contribution in [0.5, 0.6) is 0 Å². The first-order chi connectivity index (χ1) is 9.86. The fraction of sp³-hybridized carbons (Fsp3) is 0.467. The fourth-order valence-corrected chi connectivity index (χ4v) is 2.89. The van der Waals surface area contributed by atoms with Gasteiger partial charge in [0.15, 0.2) is 0 Å². The molecule has 4 nitrogen and oxygen atoms in total. The van der Waals surface area contributed by atoms with Crippen molar-refractivity contribution < 1.29 is 23.5 Å². The number of carbonyl (C=O) groups is 2. The number of carbonyl (C=O) groups excluding carboxylic acids is 1. The Morgan fingerprint density at radius 2 is 1.62 bits per heavy atom. The van der Waals surface area contributed by atoms with Crippen LogP contribution in [0.1, 0.15) is 42.5 Å². The number of carboxylic acid groups (broad SMARTS) is 1. The van der Waals surface area contributed by atoms with Gasteiger partial charge in [-0.2, -0.15) is 0 Å². The number of halogens is 2. The predicted molar refractivity (Wildman–Crippen MR) is 71.9 cm³/mol. The van der Waals surface area contributed by atoms with Crippen molar-refractivity contribution in [3.63, 3.8) is 0 Å². The first-order valence-corrected chi connectivity index (χ1v) is 6.84. The lowest BCUT2D eigenvalue weighted by Gasteiger charge is -2.41. The normalized spacial score (nSPS) is 17.3. The number of aliphatic carboxylic acids is 1. The molecular formula is C15H17F2NO3. The van der Waals surface area contributed by atoms with Gasteiger partial charge in [0.1, 0.15) is 17.2 Å². The molecule has 1 aromatic rings. The van der Waals surface area contributed by atoms with Gasteiger partial charge in [-0.3, -0.25) is 4.79 Å². The van der Waals surface area contributed by atoms with E-state index in [1.165, 1.54) is 7.05 Å². The van der Waals surface area contributed by atoms with E-state index in [0.717, 1.165) is 23.5 Å². The second-order valence-electron chi connectivity index (χ2n) is 5.42. The quantitative estimate of drug-likeness (QED) is 0.933. The molecule has 0 spiro atoms. The number of hydrogen-bond acceptors (Lipinski definition) is 2. The molecule has 1 aliphatic carbocycles. The van der Waals surface area contributed by atoms with Gasteiger partial charge in [-0.1, -0.05) is 19.3 Å².